The normalized spacial score (nSPS) is 26.2. The third-order valence-electron chi connectivity index (χ3n) is 7.61. The maximum Gasteiger partial charge on any atom is 0.274 e. The van der Waals surface area contributed by atoms with Gasteiger partial charge >= 0.3 is 0 Å². The lowest BCUT2D eigenvalue weighted by Gasteiger charge is -2.28. The largest absolute Gasteiger partial charge is 0.494 e. The minimum atomic E-state index is -0.256. The fourth-order valence-corrected chi connectivity index (χ4v) is 5.61. The molecular formula is C26H31N5O3. The van der Waals surface area contributed by atoms with Gasteiger partial charge in [-0.05, 0) is 56.2 Å². The number of anilines is 2. The van der Waals surface area contributed by atoms with Gasteiger partial charge in [0.1, 0.15) is 17.3 Å². The van der Waals surface area contributed by atoms with Gasteiger partial charge in [0.05, 0.1) is 43.1 Å². The van der Waals surface area contributed by atoms with E-state index in [2.05, 4.69) is 33.0 Å². The fraction of sp³-hybridized carbons (Fsp3) is 0.500. The Balaban J connectivity index is 1.23. The van der Waals surface area contributed by atoms with E-state index in [1.165, 1.54) is 12.8 Å². The fourth-order valence-electron chi connectivity index (χ4n) is 5.61. The van der Waals surface area contributed by atoms with Crippen molar-refractivity contribution >= 4 is 28.3 Å². The van der Waals surface area contributed by atoms with Gasteiger partial charge in [-0.1, -0.05) is 13.0 Å². The quantitative estimate of drug-likeness (QED) is 0.606. The highest BCUT2D eigenvalue weighted by molar-refractivity contribution is 6.05. The summed E-state index contributed by atoms with van der Waals surface area (Å²) in [5.74, 6) is 1.96. The Morgan fingerprint density at radius 3 is 2.76 bits per heavy atom. The van der Waals surface area contributed by atoms with Gasteiger partial charge in [0, 0.05) is 24.2 Å². The Morgan fingerprint density at radius 1 is 1.18 bits per heavy atom. The second-order valence-electron chi connectivity index (χ2n) is 9.97. The van der Waals surface area contributed by atoms with Crippen molar-refractivity contribution < 1.29 is 14.3 Å². The van der Waals surface area contributed by atoms with Crippen LogP contribution in [-0.4, -0.2) is 53.1 Å². The number of ether oxygens (including phenoxy) is 2. The average Bonchev–Trinajstić information content (AvgIpc) is 3.60. The molecule has 2 aromatic heterocycles. The number of hydrogen-bond donors (Lipinski definition) is 1. The summed E-state index contributed by atoms with van der Waals surface area (Å²) in [6, 6.07) is 10.2. The SMILES string of the molecule is COc1cc2nn(C3CCC(C)CC3)cc2cc1NC(=O)c1cccc(N2C[C@H]3C[C@@H]2CO3)n1. The van der Waals surface area contributed by atoms with E-state index < -0.39 is 0 Å². The molecule has 0 unspecified atom stereocenters. The minimum Gasteiger partial charge on any atom is -0.494 e. The van der Waals surface area contributed by atoms with Crippen LogP contribution in [0, 0.1) is 5.92 Å². The third kappa shape index (κ3) is 3.90. The van der Waals surface area contributed by atoms with Crippen LogP contribution in [0.25, 0.3) is 10.9 Å². The van der Waals surface area contributed by atoms with Gasteiger partial charge in [-0.25, -0.2) is 4.98 Å². The van der Waals surface area contributed by atoms with Gasteiger partial charge in [-0.3, -0.25) is 9.48 Å². The molecular weight excluding hydrogens is 430 g/mol. The van der Waals surface area contributed by atoms with E-state index in [9.17, 15) is 4.79 Å². The molecule has 0 radical (unpaired) electrons. The molecule has 4 heterocycles. The molecule has 2 saturated heterocycles. The topological polar surface area (TPSA) is 81.5 Å². The van der Waals surface area contributed by atoms with Crippen LogP contribution < -0.4 is 15.0 Å². The highest BCUT2D eigenvalue weighted by Crippen LogP contribution is 2.35. The predicted molar refractivity (Wildman–Crippen MR) is 131 cm³/mol. The molecule has 1 N–H and O–H groups in total. The summed E-state index contributed by atoms with van der Waals surface area (Å²) in [5, 5.41) is 8.82. The van der Waals surface area contributed by atoms with Gasteiger partial charge in [0.25, 0.3) is 5.91 Å². The number of nitrogens with zero attached hydrogens (tertiary/aromatic N) is 4. The van der Waals surface area contributed by atoms with Crippen LogP contribution >= 0.6 is 0 Å². The zero-order valence-corrected chi connectivity index (χ0v) is 19.7. The number of pyridine rings is 1. The second-order valence-corrected chi connectivity index (χ2v) is 9.97. The lowest BCUT2D eigenvalue weighted by Crippen LogP contribution is -2.37. The summed E-state index contributed by atoms with van der Waals surface area (Å²) < 4.78 is 13.4. The number of fused-ring (bicyclic) bond motifs is 3. The highest BCUT2D eigenvalue weighted by Gasteiger charge is 2.39. The minimum absolute atomic E-state index is 0.256. The van der Waals surface area contributed by atoms with E-state index in [4.69, 9.17) is 14.6 Å². The van der Waals surface area contributed by atoms with Crippen molar-refractivity contribution in [3.8, 4) is 5.75 Å². The summed E-state index contributed by atoms with van der Waals surface area (Å²) in [5.41, 5.74) is 1.88. The monoisotopic (exact) mass is 461 g/mol. The number of rotatable bonds is 5. The predicted octanol–water partition coefficient (Wildman–Crippen LogP) is 4.42. The molecule has 3 aromatic rings. The molecule has 1 saturated carbocycles. The molecule has 1 amide bonds. The van der Waals surface area contributed by atoms with Gasteiger partial charge in [-0.15, -0.1) is 0 Å². The molecule has 3 aliphatic rings. The summed E-state index contributed by atoms with van der Waals surface area (Å²) in [7, 11) is 1.61. The molecule has 8 nitrogen and oxygen atoms in total. The van der Waals surface area contributed by atoms with Crippen LogP contribution in [0.1, 0.15) is 55.6 Å². The summed E-state index contributed by atoms with van der Waals surface area (Å²) in [4.78, 5) is 20.0. The highest BCUT2D eigenvalue weighted by atomic mass is 16.5. The first-order chi connectivity index (χ1) is 16.6. The maximum absolute atomic E-state index is 13.1. The molecule has 1 aromatic carbocycles. The van der Waals surface area contributed by atoms with Gasteiger partial charge in [0.2, 0.25) is 0 Å². The van der Waals surface area contributed by atoms with Crippen molar-refractivity contribution in [2.75, 3.05) is 30.5 Å². The van der Waals surface area contributed by atoms with Crippen molar-refractivity contribution in [3.05, 3.63) is 42.2 Å². The van der Waals surface area contributed by atoms with Crippen LogP contribution in [0.3, 0.4) is 0 Å². The molecule has 0 spiro atoms. The van der Waals surface area contributed by atoms with E-state index in [1.54, 1.807) is 13.2 Å². The number of carbonyl (C=O) groups is 1. The first-order valence-corrected chi connectivity index (χ1v) is 12.3. The first kappa shape index (κ1) is 21.4. The van der Waals surface area contributed by atoms with Gasteiger partial charge in [0.15, 0.2) is 0 Å². The number of hydrogen-bond acceptors (Lipinski definition) is 6. The second kappa shape index (κ2) is 8.58. The van der Waals surface area contributed by atoms with Gasteiger partial charge < -0.3 is 19.7 Å². The molecule has 2 atom stereocenters. The van der Waals surface area contributed by atoms with Crippen molar-refractivity contribution in [1.82, 2.24) is 14.8 Å². The molecule has 1 aliphatic carbocycles. The molecule has 34 heavy (non-hydrogen) atoms. The molecule has 178 valence electrons. The number of benzene rings is 1. The van der Waals surface area contributed by atoms with Crippen LogP contribution in [0.2, 0.25) is 0 Å². The smallest absolute Gasteiger partial charge is 0.274 e. The number of nitrogens with one attached hydrogen (secondary N) is 1. The molecule has 2 bridgehead atoms. The average molecular weight is 462 g/mol. The number of morpholine rings is 1. The molecule has 6 rings (SSSR count). The number of methoxy groups -OCH3 is 1. The van der Waals surface area contributed by atoms with Crippen molar-refractivity contribution in [2.24, 2.45) is 5.92 Å². The van der Waals surface area contributed by atoms with Crippen LogP contribution in [-0.2, 0) is 4.74 Å². The van der Waals surface area contributed by atoms with Crippen molar-refractivity contribution in [3.63, 3.8) is 0 Å². The Labute approximate surface area is 199 Å². The van der Waals surface area contributed by atoms with Crippen molar-refractivity contribution in [2.45, 2.75) is 57.2 Å². The van der Waals surface area contributed by atoms with E-state index in [1.807, 2.05) is 24.3 Å². The van der Waals surface area contributed by atoms with Crippen molar-refractivity contribution in [1.29, 1.82) is 0 Å². The van der Waals surface area contributed by atoms with Crippen LogP contribution in [0.4, 0.5) is 11.5 Å². The lowest BCUT2D eigenvalue weighted by molar-refractivity contribution is 0.0988. The Kier molecular flexibility index (Phi) is 5.40. The van der Waals surface area contributed by atoms with E-state index in [0.717, 1.165) is 55.1 Å². The van der Waals surface area contributed by atoms with Crippen LogP contribution in [0.5, 0.6) is 5.75 Å². The number of aromatic nitrogens is 3. The number of carbonyl (C=O) groups excluding carboxylic acids is 1. The summed E-state index contributed by atoms with van der Waals surface area (Å²) in [6.07, 6.45) is 8.19. The third-order valence-corrected chi connectivity index (χ3v) is 7.61. The zero-order valence-electron chi connectivity index (χ0n) is 19.7. The number of amides is 1. The van der Waals surface area contributed by atoms with E-state index in [0.29, 0.717) is 29.2 Å². The molecule has 2 aliphatic heterocycles. The summed E-state index contributed by atoms with van der Waals surface area (Å²) in [6.45, 7) is 3.88. The van der Waals surface area contributed by atoms with Crippen LogP contribution in [0.15, 0.2) is 36.5 Å². The zero-order chi connectivity index (χ0) is 23.2. The first-order valence-electron chi connectivity index (χ1n) is 12.3. The standard InChI is InChI=1S/C26H31N5O3/c1-16-6-8-18(9-7-16)31-13-17-10-23(24(33-2)12-22(17)29-31)28-26(32)21-4-3-5-25(27-21)30-14-20-11-19(30)15-34-20/h3-5,10,12-13,16,18-20H,6-9,11,14-15H2,1-2H3,(H,28,32)/t16?,18?,19-,20-/m1/s1. The van der Waals surface area contributed by atoms with E-state index >= 15 is 0 Å². The lowest BCUT2D eigenvalue weighted by atomic mass is 9.87. The maximum atomic E-state index is 13.1. The molecule has 3 fully saturated rings. The molecule has 8 heteroatoms. The van der Waals surface area contributed by atoms with Gasteiger partial charge in [-0.2, -0.15) is 5.10 Å². The Bertz CT molecular complexity index is 1220. The van der Waals surface area contributed by atoms with E-state index in [-0.39, 0.29) is 12.0 Å². The Morgan fingerprint density at radius 2 is 2.03 bits per heavy atom. The Hall–Kier alpha value is -3.13. The summed E-state index contributed by atoms with van der Waals surface area (Å²) >= 11 is 0.